The number of hydrogen-bond donors (Lipinski definition) is 1. The maximum Gasteiger partial charge on any atom is 0.284 e. The summed E-state index contributed by atoms with van der Waals surface area (Å²) < 4.78 is 5.26. The third kappa shape index (κ3) is 3.66. The number of benzene rings is 1. The molecule has 3 fully saturated rings. The van der Waals surface area contributed by atoms with Crippen LogP contribution in [0.5, 0.6) is 0 Å². The molecular formula is C18H20N4O3S. The molecule has 0 unspecified atom stereocenters. The molecule has 3 aliphatic rings. The number of fused-ring (bicyclic) bond motifs is 3. The van der Waals surface area contributed by atoms with Gasteiger partial charge < -0.3 is 14.6 Å². The summed E-state index contributed by atoms with van der Waals surface area (Å²) in [6, 6.07) is 7.52. The highest BCUT2D eigenvalue weighted by Gasteiger charge is 2.34. The van der Waals surface area contributed by atoms with Gasteiger partial charge in [0, 0.05) is 30.0 Å². The zero-order chi connectivity index (χ0) is 18.1. The molecule has 8 heteroatoms. The second-order valence-electron chi connectivity index (χ2n) is 6.77. The van der Waals surface area contributed by atoms with Crippen LogP contribution in [0.2, 0.25) is 0 Å². The average molecular weight is 372 g/mol. The van der Waals surface area contributed by atoms with Gasteiger partial charge >= 0.3 is 0 Å². The standard InChI is InChI=1S/C18H20N4O3S/c1-11(23)17-20-21-18(25-17)26-14-4-2-13(3-5-14)16(24)19-15-10-22-8-6-12(15)7-9-22/h2-5,12,15H,6-10H2,1H3,(H,19,24)/t15-/m0/s1. The number of amides is 1. The lowest BCUT2D eigenvalue weighted by Gasteiger charge is -2.44. The number of nitrogens with zero attached hydrogens (tertiary/aromatic N) is 3. The minimum absolute atomic E-state index is 0.000943. The number of aromatic nitrogens is 2. The molecular weight excluding hydrogens is 352 g/mol. The highest BCUT2D eigenvalue weighted by Crippen LogP contribution is 2.28. The van der Waals surface area contributed by atoms with Gasteiger partial charge in [-0.3, -0.25) is 9.59 Å². The Morgan fingerprint density at radius 1 is 1.19 bits per heavy atom. The van der Waals surface area contributed by atoms with Gasteiger partial charge in [-0.1, -0.05) is 0 Å². The number of piperidine rings is 3. The first kappa shape index (κ1) is 17.2. The smallest absolute Gasteiger partial charge is 0.284 e. The lowest BCUT2D eigenvalue weighted by molar-refractivity contribution is 0.0620. The van der Waals surface area contributed by atoms with E-state index in [0.717, 1.165) is 24.5 Å². The van der Waals surface area contributed by atoms with Crippen LogP contribution in [0.25, 0.3) is 0 Å². The molecule has 3 saturated heterocycles. The lowest BCUT2D eigenvalue weighted by atomic mass is 9.84. The average Bonchev–Trinajstić information content (AvgIpc) is 3.12. The van der Waals surface area contributed by atoms with Gasteiger partial charge in [-0.15, -0.1) is 10.2 Å². The lowest BCUT2D eigenvalue weighted by Crippen LogP contribution is -2.57. The summed E-state index contributed by atoms with van der Waals surface area (Å²) in [7, 11) is 0. The highest BCUT2D eigenvalue weighted by molar-refractivity contribution is 7.99. The van der Waals surface area contributed by atoms with Gasteiger partial charge in [0.2, 0.25) is 5.78 Å². The molecule has 2 aromatic rings. The number of carbonyl (C=O) groups excluding carboxylic acids is 2. The van der Waals surface area contributed by atoms with Gasteiger partial charge in [0.25, 0.3) is 17.0 Å². The van der Waals surface area contributed by atoms with Crippen molar-refractivity contribution in [1.82, 2.24) is 20.4 Å². The van der Waals surface area contributed by atoms with Crippen molar-refractivity contribution in [3.8, 4) is 0 Å². The normalized spacial score (nSPS) is 24.4. The number of nitrogens with one attached hydrogen (secondary N) is 1. The molecule has 5 rings (SSSR count). The molecule has 3 aliphatic heterocycles. The van der Waals surface area contributed by atoms with Crippen molar-refractivity contribution in [2.75, 3.05) is 19.6 Å². The van der Waals surface area contributed by atoms with Crippen molar-refractivity contribution in [3.63, 3.8) is 0 Å². The molecule has 2 bridgehead atoms. The van der Waals surface area contributed by atoms with Crippen LogP contribution >= 0.6 is 11.8 Å². The van der Waals surface area contributed by atoms with Crippen LogP contribution in [-0.2, 0) is 0 Å². The fraction of sp³-hybridized carbons (Fsp3) is 0.444. The molecule has 0 saturated carbocycles. The second-order valence-corrected chi connectivity index (χ2v) is 7.80. The van der Waals surface area contributed by atoms with Crippen LogP contribution in [-0.4, -0.2) is 52.5 Å². The predicted molar refractivity (Wildman–Crippen MR) is 95.3 cm³/mol. The number of hydrogen-bond acceptors (Lipinski definition) is 7. The summed E-state index contributed by atoms with van der Waals surface area (Å²) in [5.74, 6) is 0.314. The summed E-state index contributed by atoms with van der Waals surface area (Å²) in [4.78, 5) is 27.0. The first-order chi connectivity index (χ1) is 12.6. The molecule has 26 heavy (non-hydrogen) atoms. The van der Waals surface area contributed by atoms with Gasteiger partial charge in [0.15, 0.2) is 0 Å². The molecule has 1 N–H and O–H groups in total. The Morgan fingerprint density at radius 2 is 1.92 bits per heavy atom. The van der Waals surface area contributed by atoms with Crippen LogP contribution in [0.3, 0.4) is 0 Å². The van der Waals surface area contributed by atoms with Crippen molar-refractivity contribution in [1.29, 1.82) is 0 Å². The Kier molecular flexibility index (Phi) is 4.78. The first-order valence-electron chi connectivity index (χ1n) is 8.74. The monoisotopic (exact) mass is 372 g/mol. The molecule has 1 atom stereocenters. The topological polar surface area (TPSA) is 88.3 Å². The summed E-state index contributed by atoms with van der Waals surface area (Å²) in [6.45, 7) is 4.65. The third-order valence-electron chi connectivity index (χ3n) is 5.00. The van der Waals surface area contributed by atoms with Crippen LogP contribution in [0, 0.1) is 5.92 Å². The molecule has 0 aliphatic carbocycles. The van der Waals surface area contributed by atoms with Crippen LogP contribution < -0.4 is 5.32 Å². The van der Waals surface area contributed by atoms with Gasteiger partial charge in [-0.05, 0) is 67.9 Å². The Morgan fingerprint density at radius 3 is 2.50 bits per heavy atom. The highest BCUT2D eigenvalue weighted by atomic mass is 32.2. The summed E-state index contributed by atoms with van der Waals surface area (Å²) in [5.41, 5.74) is 0.640. The van der Waals surface area contributed by atoms with E-state index in [9.17, 15) is 9.59 Å². The minimum Gasteiger partial charge on any atom is -0.408 e. The maximum atomic E-state index is 12.5. The van der Waals surface area contributed by atoms with E-state index in [-0.39, 0.29) is 23.6 Å². The molecule has 7 nitrogen and oxygen atoms in total. The van der Waals surface area contributed by atoms with E-state index in [1.807, 2.05) is 12.1 Å². The van der Waals surface area contributed by atoms with Crippen LogP contribution in [0.1, 0.15) is 40.8 Å². The zero-order valence-electron chi connectivity index (χ0n) is 14.5. The van der Waals surface area contributed by atoms with Crippen molar-refractivity contribution in [2.24, 2.45) is 5.92 Å². The van der Waals surface area contributed by atoms with Crippen molar-refractivity contribution in [3.05, 3.63) is 35.7 Å². The minimum atomic E-state index is -0.260. The maximum absolute atomic E-state index is 12.5. The molecule has 0 radical (unpaired) electrons. The van der Waals surface area contributed by atoms with Gasteiger partial charge in [0.1, 0.15) is 0 Å². The van der Waals surface area contributed by atoms with E-state index in [1.54, 1.807) is 12.1 Å². The van der Waals surface area contributed by atoms with Crippen molar-refractivity contribution in [2.45, 2.75) is 35.9 Å². The Hall–Kier alpha value is -2.19. The van der Waals surface area contributed by atoms with Crippen molar-refractivity contribution >= 4 is 23.5 Å². The quantitative estimate of drug-likeness (QED) is 0.805. The van der Waals surface area contributed by atoms with Crippen LogP contribution in [0.4, 0.5) is 0 Å². The Labute approximate surface area is 155 Å². The molecule has 0 spiro atoms. The Bertz CT molecular complexity index is 812. The summed E-state index contributed by atoms with van der Waals surface area (Å²) in [6.07, 6.45) is 2.35. The Balaban J connectivity index is 1.37. The molecule has 4 heterocycles. The van der Waals surface area contributed by atoms with Crippen molar-refractivity contribution < 1.29 is 14.0 Å². The van der Waals surface area contributed by atoms with E-state index in [4.69, 9.17) is 4.42 Å². The zero-order valence-corrected chi connectivity index (χ0v) is 15.3. The summed E-state index contributed by atoms with van der Waals surface area (Å²) >= 11 is 1.26. The molecule has 1 amide bonds. The van der Waals surface area contributed by atoms with E-state index in [1.165, 1.54) is 31.5 Å². The molecule has 136 valence electrons. The predicted octanol–water partition coefficient (Wildman–Crippen LogP) is 2.25. The summed E-state index contributed by atoms with van der Waals surface area (Å²) in [5, 5.41) is 11.0. The van der Waals surface area contributed by atoms with Gasteiger partial charge in [-0.25, -0.2) is 0 Å². The fourth-order valence-electron chi connectivity index (χ4n) is 3.55. The molecule has 1 aromatic carbocycles. The third-order valence-corrected chi connectivity index (χ3v) is 5.85. The van der Waals surface area contributed by atoms with E-state index in [2.05, 4.69) is 20.4 Å². The fourth-order valence-corrected chi connectivity index (χ4v) is 4.22. The van der Waals surface area contributed by atoms with E-state index in [0.29, 0.717) is 16.7 Å². The van der Waals surface area contributed by atoms with E-state index < -0.39 is 0 Å². The number of carbonyl (C=O) groups is 2. The number of Topliss-reactive ketones (excluding diaryl/α,β-unsaturated/α-hetero) is 1. The number of rotatable bonds is 5. The first-order valence-corrected chi connectivity index (χ1v) is 9.56. The molecule has 1 aromatic heterocycles. The van der Waals surface area contributed by atoms with Crippen LogP contribution in [0.15, 0.2) is 38.8 Å². The largest absolute Gasteiger partial charge is 0.408 e. The second kappa shape index (κ2) is 7.20. The van der Waals surface area contributed by atoms with Gasteiger partial charge in [-0.2, -0.15) is 0 Å². The van der Waals surface area contributed by atoms with Gasteiger partial charge in [0.05, 0.1) is 0 Å². The van der Waals surface area contributed by atoms with E-state index >= 15 is 0 Å². The SMILES string of the molecule is CC(=O)c1nnc(Sc2ccc(C(=O)N[C@H]3CN4CCC3CC4)cc2)o1. The number of ketones is 1.